The number of hydrogen-bond acceptors (Lipinski definition) is 16. The summed E-state index contributed by atoms with van der Waals surface area (Å²) in [6.45, 7) is 13.6. The number of aromatic amines is 3. The number of aldehydes is 1. The highest BCUT2D eigenvalue weighted by atomic mass is 127. The first-order chi connectivity index (χ1) is 44.0. The van der Waals surface area contributed by atoms with Crippen LogP contribution in [0.25, 0.3) is 111 Å². The third-order valence-electron chi connectivity index (χ3n) is 15.7. The second kappa shape index (κ2) is 31.1. The van der Waals surface area contributed by atoms with Crippen LogP contribution in [-0.2, 0) is 22.6 Å². The summed E-state index contributed by atoms with van der Waals surface area (Å²) in [4.78, 5) is 63.6. The van der Waals surface area contributed by atoms with E-state index in [0.29, 0.717) is 10.9 Å². The van der Waals surface area contributed by atoms with Crippen molar-refractivity contribution < 1.29 is 22.7 Å². The summed E-state index contributed by atoms with van der Waals surface area (Å²) >= 11 is 10.5. The van der Waals surface area contributed by atoms with E-state index in [4.69, 9.17) is 34.6 Å². The topological polar surface area (TPSA) is 214 Å². The lowest BCUT2D eigenvalue weighted by molar-refractivity contribution is -0.156. The lowest BCUT2D eigenvalue weighted by Gasteiger charge is -2.26. The zero-order valence-electron chi connectivity index (χ0n) is 50.1. The van der Waals surface area contributed by atoms with Crippen LogP contribution in [0, 0.1) is 13.8 Å². The third kappa shape index (κ3) is 17.4. The Labute approximate surface area is 586 Å². The third-order valence-corrected chi connectivity index (χ3v) is 17.7. The van der Waals surface area contributed by atoms with E-state index in [9.17, 15) is 13.2 Å². The second-order valence-electron chi connectivity index (χ2n) is 22.8. The standard InChI is InChI=1S/C33H34N8OS.C28H26N8S.C2HF3O.C2H3I3.2CH4/c1-21-8-9-27(43-21)31-30-26(10-11-35-31)37-32(38-30)29-25-16-24(19-36-33(25)41(39-29)28-7-3-6-14-42-28)23-15-22(17-34-18-23)20-40-12-4-2-5-13-40;1-17-5-6-23(37-17)26-25-22(7-8-30-26)32-28(33-25)24-21-12-20(15-31-27(21)35-34-24)19-11-18(13-29-14-19)16-36-9-3-2-4-10-36;3-2(4,5)1-6;1-2(3,4)5;;/h8-11,15-19,28H,2-7,12-14,20H2,1H3,(H,37,38);5-8,11-15H,2-4,9-10,16H2,1H3,(H,32,33)(H,31,34,35);1H;1H3;2*1H4. The minimum atomic E-state index is -4.64. The van der Waals surface area contributed by atoms with Crippen molar-refractivity contribution in [1.82, 2.24) is 79.6 Å². The lowest BCUT2D eigenvalue weighted by atomic mass is 10.1. The first kappa shape index (κ1) is 69.5. The molecule has 0 bridgehead atoms. The summed E-state index contributed by atoms with van der Waals surface area (Å²) in [5.41, 5.74) is 15.0. The van der Waals surface area contributed by atoms with Crippen LogP contribution in [0.3, 0.4) is 0 Å². The van der Waals surface area contributed by atoms with E-state index in [2.05, 4.69) is 187 Å². The van der Waals surface area contributed by atoms with Crippen molar-refractivity contribution in [2.24, 2.45) is 0 Å². The SMILES string of the molecule is C.C.CC(I)(I)I.Cc1ccc(-c2nccc3[nH]c(-c4[nH]nc5ncc(-c6cncc(CN7CCCCC7)c6)cc45)nc23)s1.Cc1ccc(-c2nccc3[nH]c(-c4nn(C5CCCCO5)c5ncc(-c6cncc(CN7CCCCC7)c6)cc45)nc23)s1.O=CC(F)(F)F. The van der Waals surface area contributed by atoms with Gasteiger partial charge in [-0.1, -0.05) is 95.5 Å². The summed E-state index contributed by atoms with van der Waals surface area (Å²) in [6.07, 6.45) is 20.3. The molecule has 0 aliphatic carbocycles. The molecule has 93 heavy (non-hydrogen) atoms. The number of imidazole rings is 2. The van der Waals surface area contributed by atoms with Gasteiger partial charge >= 0.3 is 6.18 Å². The molecule has 3 N–H and O–H groups in total. The number of nitrogens with zero attached hydrogens (tertiary/aromatic N) is 13. The number of rotatable bonds is 11. The Kier molecular flexibility index (Phi) is 23.2. The number of likely N-dealkylation sites (tertiary alicyclic amines) is 2. The molecule has 1 atom stereocenters. The average molecular weight is 1640 g/mol. The van der Waals surface area contributed by atoms with Gasteiger partial charge in [0.15, 0.2) is 29.2 Å². The van der Waals surface area contributed by atoms with Crippen molar-refractivity contribution in [2.45, 2.75) is 118 Å². The molecule has 0 amide bonds. The van der Waals surface area contributed by atoms with Crippen molar-refractivity contribution in [3.05, 3.63) is 131 Å². The van der Waals surface area contributed by atoms with Crippen LogP contribution in [0.2, 0.25) is 0 Å². The predicted octanol–water partition coefficient (Wildman–Crippen LogP) is 18.1. The zero-order chi connectivity index (χ0) is 63.2. The Hall–Kier alpha value is -6.29. The van der Waals surface area contributed by atoms with Gasteiger partial charge < -0.3 is 14.7 Å². The van der Waals surface area contributed by atoms with Gasteiger partial charge in [0.05, 0.1) is 31.6 Å². The van der Waals surface area contributed by atoms with Crippen LogP contribution in [0.5, 0.6) is 0 Å². The molecule has 0 saturated carbocycles. The number of H-pyrrole nitrogens is 3. The number of pyridine rings is 6. The number of hydrogen-bond donors (Lipinski definition) is 3. The number of carbonyl (C=O) groups is 1. The highest BCUT2D eigenvalue weighted by Gasteiger charge is 2.27. The molecule has 18 nitrogen and oxygen atoms in total. The Bertz CT molecular complexity index is 4470. The number of alkyl halides is 6. The zero-order valence-corrected chi connectivity index (χ0v) is 58.2. The van der Waals surface area contributed by atoms with Gasteiger partial charge in [-0.3, -0.25) is 39.6 Å². The van der Waals surface area contributed by atoms with Crippen LogP contribution >= 0.6 is 90.4 Å². The minimum Gasteiger partial charge on any atom is -0.356 e. The Balaban J connectivity index is 0.000000173. The van der Waals surface area contributed by atoms with Crippen LogP contribution in [-0.4, -0.2) is 124 Å². The first-order valence-electron chi connectivity index (χ1n) is 30.1. The molecule has 3 aliphatic heterocycles. The molecule has 26 heteroatoms. The van der Waals surface area contributed by atoms with Crippen molar-refractivity contribution in [2.75, 3.05) is 32.8 Å². The Morgan fingerprint density at radius 3 is 1.63 bits per heavy atom. The maximum atomic E-state index is 10.4. The highest BCUT2D eigenvalue weighted by Crippen LogP contribution is 2.39. The minimum absolute atomic E-state index is 0. The molecule has 486 valence electrons. The van der Waals surface area contributed by atoms with Gasteiger partial charge in [0.2, 0.25) is 6.29 Å². The van der Waals surface area contributed by atoms with Gasteiger partial charge in [-0.05, 0) is 164 Å². The first-order valence-corrected chi connectivity index (χ1v) is 34.9. The van der Waals surface area contributed by atoms with Crippen molar-refractivity contribution in [3.8, 4) is 66.4 Å². The molecule has 15 heterocycles. The van der Waals surface area contributed by atoms with Crippen molar-refractivity contribution in [1.29, 1.82) is 0 Å². The molecule has 3 saturated heterocycles. The fraction of sp³-hybridized carbons (Fsp3) is 0.358. The number of nitrogens with one attached hydrogen (secondary N) is 3. The Morgan fingerprint density at radius 1 is 0.624 bits per heavy atom. The van der Waals surface area contributed by atoms with E-state index in [1.54, 1.807) is 22.7 Å². The van der Waals surface area contributed by atoms with E-state index >= 15 is 0 Å². The van der Waals surface area contributed by atoms with E-state index in [-0.39, 0.29) is 21.1 Å². The quantitative estimate of drug-likeness (QED) is 0.0624. The van der Waals surface area contributed by atoms with E-state index in [1.807, 2.05) is 66.4 Å². The van der Waals surface area contributed by atoms with Gasteiger partial charge in [-0.2, -0.15) is 23.4 Å². The number of aromatic nitrogens is 14. The number of carbonyl (C=O) groups excluding carboxylic acids is 1. The highest BCUT2D eigenvalue weighted by molar-refractivity contribution is 14.3. The van der Waals surface area contributed by atoms with Gasteiger partial charge in [0.25, 0.3) is 0 Å². The second-order valence-corrected chi connectivity index (χ2v) is 38.0. The summed E-state index contributed by atoms with van der Waals surface area (Å²) in [5, 5.41) is 14.6. The van der Waals surface area contributed by atoms with Crippen molar-refractivity contribution >= 4 is 141 Å². The fourth-order valence-electron chi connectivity index (χ4n) is 11.5. The molecular formula is C67H72F3I3N16O2S2. The molecule has 0 radical (unpaired) electrons. The number of ether oxygens (including phenoxy) is 1. The van der Waals surface area contributed by atoms with Gasteiger partial charge in [-0.15, -0.1) is 22.7 Å². The summed E-state index contributed by atoms with van der Waals surface area (Å²) in [7, 11) is 0. The predicted molar refractivity (Wildman–Crippen MR) is 393 cm³/mol. The molecule has 1 unspecified atom stereocenters. The van der Waals surface area contributed by atoms with Gasteiger partial charge in [0, 0.05) is 101 Å². The normalized spacial score (nSPS) is 15.6. The maximum Gasteiger partial charge on any atom is 0.446 e. The van der Waals surface area contributed by atoms with Gasteiger partial charge in [-0.25, -0.2) is 24.6 Å². The monoisotopic (exact) mass is 1630 g/mol. The van der Waals surface area contributed by atoms with E-state index in [1.165, 1.54) is 59.4 Å². The smallest absolute Gasteiger partial charge is 0.356 e. The molecule has 12 aromatic rings. The fourth-order valence-corrected chi connectivity index (χ4v) is 13.2. The van der Waals surface area contributed by atoms with Crippen molar-refractivity contribution in [3.63, 3.8) is 0 Å². The van der Waals surface area contributed by atoms with Crippen LogP contribution in [0.15, 0.2) is 110 Å². The van der Waals surface area contributed by atoms with Crippen LogP contribution < -0.4 is 0 Å². The van der Waals surface area contributed by atoms with Crippen LogP contribution in [0.4, 0.5) is 13.2 Å². The number of halogens is 6. The number of aryl methyl sites for hydroxylation is 2. The molecule has 3 fully saturated rings. The summed E-state index contributed by atoms with van der Waals surface area (Å²) in [6, 6.07) is 21.2. The van der Waals surface area contributed by atoms with Gasteiger partial charge in [0.1, 0.15) is 33.2 Å². The largest absolute Gasteiger partial charge is 0.446 e. The molecule has 15 rings (SSSR count). The molecular weight excluding hydrogens is 1560 g/mol. The molecule has 3 aliphatic rings. The van der Waals surface area contributed by atoms with E-state index in [0.717, 1.165) is 164 Å². The average Bonchev–Trinajstić information content (AvgIpc) is 1.62. The number of fused-ring (bicyclic) bond motifs is 4. The molecule has 12 aromatic heterocycles. The number of thiophene rings is 2. The number of piperidine rings is 2. The lowest BCUT2D eigenvalue weighted by Crippen LogP contribution is -2.29. The maximum absolute atomic E-state index is 10.4. The van der Waals surface area contributed by atoms with Crippen LogP contribution in [0.1, 0.15) is 107 Å². The Morgan fingerprint density at radius 2 is 1.13 bits per heavy atom. The summed E-state index contributed by atoms with van der Waals surface area (Å²) in [5.74, 6) is 1.42. The summed E-state index contributed by atoms with van der Waals surface area (Å²) < 4.78 is 39.8. The molecule has 0 spiro atoms. The van der Waals surface area contributed by atoms with E-state index < -0.39 is 12.5 Å². The molecule has 0 aromatic carbocycles.